The normalized spacial score (nSPS) is 13.0. The molecule has 0 saturated heterocycles. The van der Waals surface area contributed by atoms with Crippen molar-refractivity contribution in [3.8, 4) is 22.6 Å². The highest BCUT2D eigenvalue weighted by molar-refractivity contribution is 5.74. The van der Waals surface area contributed by atoms with Crippen LogP contribution in [0.2, 0.25) is 0 Å². The Balaban J connectivity index is 2.08. The fourth-order valence-electron chi connectivity index (χ4n) is 2.89. The Bertz CT molecular complexity index is 1070. The van der Waals surface area contributed by atoms with E-state index in [0.29, 0.717) is 22.6 Å². The van der Waals surface area contributed by atoms with E-state index in [1.165, 1.54) is 17.9 Å². The first-order valence-corrected chi connectivity index (χ1v) is 9.64. The summed E-state index contributed by atoms with van der Waals surface area (Å²) in [5.74, 6) is 0.165. The molecule has 2 atom stereocenters. The minimum absolute atomic E-state index is 0.154. The molecule has 0 aliphatic carbocycles. The number of benzene rings is 2. The van der Waals surface area contributed by atoms with Crippen LogP contribution in [0.1, 0.15) is 31.3 Å². The van der Waals surface area contributed by atoms with Crippen LogP contribution in [-0.4, -0.2) is 51.2 Å². The summed E-state index contributed by atoms with van der Waals surface area (Å²) < 4.78 is 26.8. The van der Waals surface area contributed by atoms with Gasteiger partial charge in [-0.1, -0.05) is 12.1 Å². The van der Waals surface area contributed by atoms with Crippen LogP contribution in [0.15, 0.2) is 36.4 Å². The third-order valence-electron chi connectivity index (χ3n) is 4.63. The van der Waals surface area contributed by atoms with Crippen LogP contribution in [0.25, 0.3) is 16.8 Å². The summed E-state index contributed by atoms with van der Waals surface area (Å²) in [7, 11) is 1.53. The number of rotatable bonds is 7. The molecule has 0 aliphatic heterocycles. The van der Waals surface area contributed by atoms with Gasteiger partial charge in [-0.25, -0.2) is 9.18 Å². The van der Waals surface area contributed by atoms with Gasteiger partial charge in [0.05, 0.1) is 18.3 Å². The summed E-state index contributed by atoms with van der Waals surface area (Å²) in [6.07, 6.45) is -1.16. The fraction of sp³-hybridized carbons (Fsp3) is 0.333. The second-order valence-corrected chi connectivity index (χ2v) is 7.14. The Morgan fingerprint density at radius 2 is 2.03 bits per heavy atom. The lowest BCUT2D eigenvalue weighted by molar-refractivity contribution is 0.110. The van der Waals surface area contributed by atoms with Crippen LogP contribution in [0.4, 0.5) is 9.18 Å². The first-order chi connectivity index (χ1) is 14.8. The zero-order valence-corrected chi connectivity index (χ0v) is 17.7. The summed E-state index contributed by atoms with van der Waals surface area (Å²) >= 11 is 0. The first-order valence-electron chi connectivity index (χ1n) is 9.64. The molecular weight excluding hydrogens is 405 g/mol. The van der Waals surface area contributed by atoms with E-state index in [-0.39, 0.29) is 12.4 Å². The summed E-state index contributed by atoms with van der Waals surface area (Å²) in [6, 6.07) is 9.17. The van der Waals surface area contributed by atoms with Gasteiger partial charge in [0.2, 0.25) is 0 Å². The second kappa shape index (κ2) is 9.63. The third kappa shape index (κ3) is 5.22. The summed E-state index contributed by atoms with van der Waals surface area (Å²) in [6.45, 7) is 4.97. The number of aliphatic hydroxyl groups excluding tert-OH is 1. The maximum absolute atomic E-state index is 14.7. The van der Waals surface area contributed by atoms with Gasteiger partial charge < -0.3 is 19.9 Å². The molecule has 3 rings (SSSR count). The number of aryl methyl sites for hydroxylation is 1. The SMILES string of the molecule is COC(C)c1nnnn1-c1cc(OC(=O)N[C@@H](C)CO)cc(-c2ccc(C)cc2F)c1. The van der Waals surface area contributed by atoms with E-state index in [2.05, 4.69) is 20.8 Å². The lowest BCUT2D eigenvalue weighted by Crippen LogP contribution is -2.37. The minimum atomic E-state index is -0.753. The molecule has 10 heteroatoms. The number of halogens is 1. The van der Waals surface area contributed by atoms with Gasteiger partial charge in [-0.3, -0.25) is 0 Å². The van der Waals surface area contributed by atoms with Crippen LogP contribution in [-0.2, 0) is 4.74 Å². The number of aliphatic hydroxyl groups is 1. The molecule has 1 aromatic heterocycles. The van der Waals surface area contributed by atoms with Gasteiger partial charge in [0, 0.05) is 18.7 Å². The van der Waals surface area contributed by atoms with Crippen molar-refractivity contribution in [2.75, 3.05) is 13.7 Å². The Morgan fingerprint density at radius 1 is 1.26 bits per heavy atom. The van der Waals surface area contributed by atoms with Crippen molar-refractivity contribution in [1.29, 1.82) is 0 Å². The minimum Gasteiger partial charge on any atom is -0.410 e. The molecule has 0 radical (unpaired) electrons. The van der Waals surface area contributed by atoms with Gasteiger partial charge in [-0.05, 0) is 60.5 Å². The summed E-state index contributed by atoms with van der Waals surface area (Å²) in [5, 5.41) is 23.3. The van der Waals surface area contributed by atoms with Crippen molar-refractivity contribution < 1.29 is 23.8 Å². The maximum Gasteiger partial charge on any atom is 0.412 e. The van der Waals surface area contributed by atoms with Crippen molar-refractivity contribution in [1.82, 2.24) is 25.5 Å². The number of hydrogen-bond donors (Lipinski definition) is 2. The number of carbonyl (C=O) groups is 1. The van der Waals surface area contributed by atoms with Crippen molar-refractivity contribution in [3.05, 3.63) is 53.6 Å². The molecule has 31 heavy (non-hydrogen) atoms. The molecular formula is C21H24FN5O4. The van der Waals surface area contributed by atoms with E-state index in [1.54, 1.807) is 51.1 Å². The molecule has 9 nitrogen and oxygen atoms in total. The van der Waals surface area contributed by atoms with Crippen LogP contribution in [0, 0.1) is 12.7 Å². The third-order valence-corrected chi connectivity index (χ3v) is 4.63. The van der Waals surface area contributed by atoms with Gasteiger partial charge in [0.25, 0.3) is 0 Å². The number of methoxy groups -OCH3 is 1. The first kappa shape index (κ1) is 22.3. The summed E-state index contributed by atoms with van der Waals surface area (Å²) in [5.41, 5.74) is 2.04. The molecule has 0 aliphatic rings. The fourth-order valence-corrected chi connectivity index (χ4v) is 2.89. The summed E-state index contributed by atoms with van der Waals surface area (Å²) in [4.78, 5) is 12.2. The molecule has 1 heterocycles. The Kier molecular flexibility index (Phi) is 6.93. The van der Waals surface area contributed by atoms with Crippen molar-refractivity contribution in [2.24, 2.45) is 0 Å². The second-order valence-electron chi connectivity index (χ2n) is 7.14. The Hall–Kier alpha value is -3.37. The molecule has 0 saturated carbocycles. The van der Waals surface area contributed by atoms with E-state index in [4.69, 9.17) is 14.6 Å². The van der Waals surface area contributed by atoms with Gasteiger partial charge in [-0.15, -0.1) is 5.10 Å². The highest BCUT2D eigenvalue weighted by Crippen LogP contribution is 2.31. The standard InChI is InChI=1S/C21H24FN5O4/c1-12-5-6-18(19(22)7-12)15-8-16(27-20(14(3)30-4)24-25-26-27)10-17(9-15)31-21(29)23-13(2)11-28/h5-10,13-14,28H,11H2,1-4H3,(H,23,29)/t13-,14?/m0/s1. The number of hydrogen-bond acceptors (Lipinski definition) is 7. The van der Waals surface area contributed by atoms with E-state index < -0.39 is 24.1 Å². The van der Waals surface area contributed by atoms with E-state index in [1.807, 2.05) is 0 Å². The van der Waals surface area contributed by atoms with E-state index >= 15 is 0 Å². The lowest BCUT2D eigenvalue weighted by Gasteiger charge is -2.15. The number of carbonyl (C=O) groups excluding carboxylic acids is 1. The number of aromatic nitrogens is 4. The molecule has 1 unspecified atom stereocenters. The van der Waals surface area contributed by atoms with Crippen molar-refractivity contribution >= 4 is 6.09 Å². The van der Waals surface area contributed by atoms with Gasteiger partial charge in [0.15, 0.2) is 5.82 Å². The van der Waals surface area contributed by atoms with Crippen LogP contribution in [0.3, 0.4) is 0 Å². The largest absolute Gasteiger partial charge is 0.412 e. The van der Waals surface area contributed by atoms with Crippen LogP contribution in [0.5, 0.6) is 5.75 Å². The smallest absolute Gasteiger partial charge is 0.410 e. The molecule has 0 bridgehead atoms. The number of ether oxygens (including phenoxy) is 2. The maximum atomic E-state index is 14.7. The highest BCUT2D eigenvalue weighted by Gasteiger charge is 2.19. The Morgan fingerprint density at radius 3 is 2.71 bits per heavy atom. The molecule has 0 spiro atoms. The van der Waals surface area contributed by atoms with E-state index in [9.17, 15) is 9.18 Å². The van der Waals surface area contributed by atoms with Crippen molar-refractivity contribution in [2.45, 2.75) is 32.9 Å². The quantitative estimate of drug-likeness (QED) is 0.594. The van der Waals surface area contributed by atoms with Gasteiger partial charge in [0.1, 0.15) is 17.7 Å². The Labute approximate surface area is 178 Å². The van der Waals surface area contributed by atoms with Gasteiger partial charge >= 0.3 is 6.09 Å². The average Bonchev–Trinajstić information content (AvgIpc) is 3.22. The molecule has 2 N–H and O–H groups in total. The molecule has 2 aromatic carbocycles. The van der Waals surface area contributed by atoms with Crippen molar-refractivity contribution in [3.63, 3.8) is 0 Å². The topological polar surface area (TPSA) is 111 Å². The van der Waals surface area contributed by atoms with Crippen LogP contribution >= 0.6 is 0 Å². The molecule has 164 valence electrons. The van der Waals surface area contributed by atoms with Gasteiger partial charge in [-0.2, -0.15) is 4.68 Å². The zero-order valence-electron chi connectivity index (χ0n) is 17.7. The number of amides is 1. The zero-order chi connectivity index (χ0) is 22.5. The molecule has 3 aromatic rings. The average molecular weight is 429 g/mol. The van der Waals surface area contributed by atoms with E-state index in [0.717, 1.165) is 5.56 Å². The number of nitrogens with one attached hydrogen (secondary N) is 1. The predicted octanol–water partition coefficient (Wildman–Crippen LogP) is 2.95. The molecule has 0 fully saturated rings. The molecule has 1 amide bonds. The number of tetrazole rings is 1. The predicted molar refractivity (Wildman–Crippen MR) is 110 cm³/mol. The van der Waals surface area contributed by atoms with Crippen LogP contribution < -0.4 is 10.1 Å². The lowest BCUT2D eigenvalue weighted by atomic mass is 10.0. The monoisotopic (exact) mass is 429 g/mol. The highest BCUT2D eigenvalue weighted by atomic mass is 19.1. The number of nitrogens with zero attached hydrogens (tertiary/aromatic N) is 4.